The molecule has 5 aromatic rings. The maximum Gasteiger partial charge on any atom is 0.295 e. The smallest absolute Gasteiger partial charge is 0.295 e. The van der Waals surface area contributed by atoms with Gasteiger partial charge in [-0.3, -0.25) is 19.2 Å². The highest BCUT2D eigenvalue weighted by atomic mass is 32.2. The Morgan fingerprint density at radius 2 is 1.49 bits per heavy atom. The molecule has 0 amide bonds. The predicted octanol–water partition coefficient (Wildman–Crippen LogP) is 5.52. The number of thiazole rings is 1. The number of rotatable bonds is 6. The number of azo groups is 1. The van der Waals surface area contributed by atoms with Gasteiger partial charge in [-0.05, 0) is 29.0 Å². The number of benzene rings is 4. The Bertz CT molecular complexity index is 2070. The normalized spacial score (nSPS) is 12.5. The third kappa shape index (κ3) is 5.18. The maximum absolute atomic E-state index is 12.1. The van der Waals surface area contributed by atoms with Gasteiger partial charge in [0.05, 0.1) is 10.6 Å². The first kappa shape index (κ1) is 26.3. The maximum atomic E-state index is 12.1. The second-order valence-electron chi connectivity index (χ2n) is 8.16. The highest BCUT2D eigenvalue weighted by molar-refractivity contribution is 7.86. The molecular formula is C23H15N5O8S3. The number of nitro benzene ring substituents is 1. The van der Waals surface area contributed by atoms with Crippen molar-refractivity contribution in [1.82, 2.24) is 4.98 Å². The van der Waals surface area contributed by atoms with Crippen molar-refractivity contribution in [3.05, 3.63) is 76.8 Å². The first-order chi connectivity index (χ1) is 18.3. The molecule has 4 aromatic carbocycles. The van der Waals surface area contributed by atoms with Gasteiger partial charge in [-0.2, -0.15) is 16.8 Å². The summed E-state index contributed by atoms with van der Waals surface area (Å²) in [5.41, 5.74) is 5.90. The van der Waals surface area contributed by atoms with Crippen molar-refractivity contribution in [1.29, 1.82) is 0 Å². The number of hydrogen-bond donors (Lipinski definition) is 3. The van der Waals surface area contributed by atoms with Crippen molar-refractivity contribution in [3.8, 4) is 11.3 Å². The molecular weight excluding hydrogens is 570 g/mol. The molecule has 4 N–H and O–H groups in total. The van der Waals surface area contributed by atoms with Crippen LogP contribution in [0.4, 0.5) is 21.5 Å². The molecule has 13 nitrogen and oxygen atoms in total. The number of fused-ring (bicyclic) bond motifs is 2. The zero-order chi connectivity index (χ0) is 28.1. The quantitative estimate of drug-likeness (QED) is 0.0981. The molecule has 0 bridgehead atoms. The lowest BCUT2D eigenvalue weighted by Gasteiger charge is -2.09. The molecule has 0 spiro atoms. The van der Waals surface area contributed by atoms with E-state index in [1.807, 2.05) is 42.5 Å². The van der Waals surface area contributed by atoms with E-state index in [-0.39, 0.29) is 15.8 Å². The topological polar surface area (TPSA) is 216 Å². The highest BCUT2D eigenvalue weighted by Crippen LogP contribution is 2.40. The summed E-state index contributed by atoms with van der Waals surface area (Å²) in [6.45, 7) is 0. The van der Waals surface area contributed by atoms with Crippen LogP contribution in [-0.4, -0.2) is 35.8 Å². The van der Waals surface area contributed by atoms with Gasteiger partial charge in [0.25, 0.3) is 25.9 Å². The minimum Gasteiger partial charge on any atom is -0.375 e. The molecule has 0 unspecified atom stereocenters. The van der Waals surface area contributed by atoms with E-state index < -0.39 is 51.4 Å². The lowest BCUT2D eigenvalue weighted by Crippen LogP contribution is -2.04. The van der Waals surface area contributed by atoms with E-state index in [1.54, 1.807) is 0 Å². The Morgan fingerprint density at radius 3 is 2.15 bits per heavy atom. The van der Waals surface area contributed by atoms with Gasteiger partial charge in [-0.15, -0.1) is 10.2 Å². The highest BCUT2D eigenvalue weighted by Gasteiger charge is 2.25. The lowest BCUT2D eigenvalue weighted by molar-refractivity contribution is -0.384. The summed E-state index contributed by atoms with van der Waals surface area (Å²) >= 11 is 0.988. The van der Waals surface area contributed by atoms with E-state index in [1.165, 1.54) is 0 Å². The Labute approximate surface area is 223 Å². The van der Waals surface area contributed by atoms with E-state index in [2.05, 4.69) is 15.2 Å². The molecule has 39 heavy (non-hydrogen) atoms. The van der Waals surface area contributed by atoms with Gasteiger partial charge in [-0.25, -0.2) is 4.98 Å². The molecule has 16 heteroatoms. The fraction of sp³-hybridized carbons (Fsp3) is 0. The molecule has 5 rings (SSSR count). The first-order valence-electron chi connectivity index (χ1n) is 10.7. The third-order valence-corrected chi connectivity index (χ3v) is 8.19. The molecule has 0 atom stereocenters. The molecule has 0 aliphatic carbocycles. The van der Waals surface area contributed by atoms with Crippen molar-refractivity contribution in [2.45, 2.75) is 9.79 Å². The fourth-order valence-corrected chi connectivity index (χ4v) is 6.09. The number of hydrogen-bond acceptors (Lipinski definition) is 11. The molecule has 0 saturated carbocycles. The standard InChI is InChI=1S/C23H15N5O8S3/c24-23-25-21(14-6-5-12-3-1-2-4-13(12)7-14)22(37-23)27-26-15-8-17-18(19(9-15)38(31,32)33)10-16(28(29)30)11-20(17)39(34,35)36/h1-11H,(H2,24,25)(H,31,32,33)(H,34,35,36). The molecule has 0 saturated heterocycles. The van der Waals surface area contributed by atoms with Crippen molar-refractivity contribution in [2.75, 3.05) is 5.73 Å². The van der Waals surface area contributed by atoms with Gasteiger partial charge in [0.2, 0.25) is 0 Å². The predicted molar refractivity (Wildman–Crippen MR) is 144 cm³/mol. The van der Waals surface area contributed by atoms with Crippen LogP contribution in [0.2, 0.25) is 0 Å². The van der Waals surface area contributed by atoms with E-state index in [0.717, 1.165) is 40.3 Å². The van der Waals surface area contributed by atoms with Crippen LogP contribution < -0.4 is 5.73 Å². The molecule has 0 aliphatic heterocycles. The molecule has 0 fully saturated rings. The number of nitro groups is 1. The monoisotopic (exact) mass is 585 g/mol. The largest absolute Gasteiger partial charge is 0.375 e. The van der Waals surface area contributed by atoms with Gasteiger partial charge >= 0.3 is 0 Å². The minimum atomic E-state index is -5.07. The summed E-state index contributed by atoms with van der Waals surface area (Å²) in [5.74, 6) is 0. The Hall–Kier alpha value is -4.35. The van der Waals surface area contributed by atoms with Gasteiger partial charge in [0, 0.05) is 28.5 Å². The number of anilines is 1. The minimum absolute atomic E-state index is 0.171. The Kier molecular flexibility index (Phi) is 6.36. The summed E-state index contributed by atoms with van der Waals surface area (Å²) in [7, 11) is -10.1. The van der Waals surface area contributed by atoms with Gasteiger partial charge in [-0.1, -0.05) is 47.7 Å². The van der Waals surface area contributed by atoms with Crippen LogP contribution in [-0.2, 0) is 20.2 Å². The SMILES string of the molecule is Nc1nc(-c2ccc3ccccc3c2)c(N=Nc2cc(S(=O)(=O)O)c3cc([N+](=O)[O-])cc(S(=O)(=O)O)c3c2)s1. The average molecular weight is 586 g/mol. The molecule has 1 heterocycles. The van der Waals surface area contributed by atoms with Gasteiger partial charge in [0.1, 0.15) is 15.5 Å². The summed E-state index contributed by atoms with van der Waals surface area (Å²) in [6, 6.07) is 16.5. The summed E-state index contributed by atoms with van der Waals surface area (Å²) in [4.78, 5) is 12.8. The zero-order valence-corrected chi connectivity index (χ0v) is 21.7. The van der Waals surface area contributed by atoms with Crippen LogP contribution in [0, 0.1) is 10.1 Å². The number of non-ortho nitro benzene ring substituents is 1. The number of nitrogens with two attached hydrogens (primary N) is 1. The summed E-state index contributed by atoms with van der Waals surface area (Å²) in [6.07, 6.45) is 0. The molecule has 0 radical (unpaired) electrons. The van der Waals surface area contributed by atoms with Crippen LogP contribution in [0.3, 0.4) is 0 Å². The number of nitrogen functional groups attached to an aromatic ring is 1. The van der Waals surface area contributed by atoms with Crippen LogP contribution in [0.25, 0.3) is 32.8 Å². The van der Waals surface area contributed by atoms with Crippen LogP contribution >= 0.6 is 11.3 Å². The van der Waals surface area contributed by atoms with E-state index in [0.29, 0.717) is 17.3 Å². The Balaban J connectivity index is 1.69. The van der Waals surface area contributed by atoms with E-state index in [4.69, 9.17) is 5.73 Å². The van der Waals surface area contributed by atoms with Gasteiger partial charge < -0.3 is 5.73 Å². The van der Waals surface area contributed by atoms with Crippen molar-refractivity contribution in [2.24, 2.45) is 10.2 Å². The number of nitrogens with zero attached hydrogens (tertiary/aromatic N) is 4. The zero-order valence-electron chi connectivity index (χ0n) is 19.3. The van der Waals surface area contributed by atoms with Crippen LogP contribution in [0.1, 0.15) is 0 Å². The second-order valence-corrected chi connectivity index (χ2v) is 11.9. The third-order valence-electron chi connectivity index (χ3n) is 5.64. The molecule has 0 aliphatic rings. The van der Waals surface area contributed by atoms with E-state index in [9.17, 15) is 36.1 Å². The summed E-state index contributed by atoms with van der Waals surface area (Å²) < 4.78 is 67.8. The van der Waals surface area contributed by atoms with E-state index >= 15 is 0 Å². The average Bonchev–Trinajstić information content (AvgIpc) is 3.25. The van der Waals surface area contributed by atoms with Crippen molar-refractivity contribution in [3.63, 3.8) is 0 Å². The lowest BCUT2D eigenvalue weighted by atomic mass is 10.1. The number of aromatic nitrogens is 1. The van der Waals surface area contributed by atoms with Crippen LogP contribution in [0.5, 0.6) is 0 Å². The van der Waals surface area contributed by atoms with Gasteiger partial charge in [0.15, 0.2) is 10.1 Å². The second kappa shape index (κ2) is 9.44. The van der Waals surface area contributed by atoms with Crippen molar-refractivity contribution >= 4 is 74.6 Å². The fourth-order valence-electron chi connectivity index (χ4n) is 3.98. The summed E-state index contributed by atoms with van der Waals surface area (Å²) in [5, 5.41) is 20.8. The van der Waals surface area contributed by atoms with Crippen LogP contribution in [0.15, 0.2) is 86.7 Å². The van der Waals surface area contributed by atoms with Crippen molar-refractivity contribution < 1.29 is 30.9 Å². The first-order valence-corrected chi connectivity index (χ1v) is 14.4. The molecule has 1 aromatic heterocycles. The Morgan fingerprint density at radius 1 is 0.846 bits per heavy atom. The molecule has 198 valence electrons.